The van der Waals surface area contributed by atoms with Crippen LogP contribution in [0.15, 0.2) is 17.0 Å². The minimum Gasteiger partial charge on any atom is -0.395 e. The molecule has 1 aromatic carbocycles. The lowest BCUT2D eigenvalue weighted by Crippen LogP contribution is -2.32. The molecule has 0 saturated heterocycles. The normalized spacial score (nSPS) is 12.0. The van der Waals surface area contributed by atoms with Crippen LogP contribution in [0.5, 0.6) is 0 Å². The van der Waals surface area contributed by atoms with Crippen molar-refractivity contribution < 1.29 is 26.7 Å². The first-order chi connectivity index (χ1) is 11.9. The van der Waals surface area contributed by atoms with Gasteiger partial charge in [-0.15, -0.1) is 0 Å². The Bertz CT molecular complexity index is 866. The highest BCUT2D eigenvalue weighted by atomic mass is 32.2. The van der Waals surface area contributed by atoms with Crippen molar-refractivity contribution in [3.63, 3.8) is 0 Å². The first-order valence-electron chi connectivity index (χ1n) is 7.83. The highest BCUT2D eigenvalue weighted by Gasteiger charge is 2.24. The fourth-order valence-corrected chi connectivity index (χ4v) is 4.30. The second-order valence-electron chi connectivity index (χ2n) is 5.81. The number of aliphatic hydroxyl groups is 1. The van der Waals surface area contributed by atoms with Crippen LogP contribution in [0.2, 0.25) is 0 Å². The molecule has 0 aliphatic heterocycles. The second-order valence-corrected chi connectivity index (χ2v) is 9.56. The van der Waals surface area contributed by atoms with Gasteiger partial charge in [0.15, 0.2) is 0 Å². The zero-order valence-electron chi connectivity index (χ0n) is 15.2. The summed E-state index contributed by atoms with van der Waals surface area (Å²) in [6.07, 6.45) is 0.955. The zero-order valence-corrected chi connectivity index (χ0v) is 16.9. The van der Waals surface area contributed by atoms with E-state index >= 15 is 0 Å². The van der Waals surface area contributed by atoms with Crippen molar-refractivity contribution in [3.05, 3.63) is 23.3 Å². The molecule has 0 atom stereocenters. The summed E-state index contributed by atoms with van der Waals surface area (Å²) < 4.78 is 52.1. The Morgan fingerprint density at radius 3 is 2.31 bits per heavy atom. The first kappa shape index (κ1) is 22.4. The molecule has 9 nitrogen and oxygen atoms in total. The number of hydrogen-bond donors (Lipinski definition) is 3. The Morgan fingerprint density at radius 1 is 1.15 bits per heavy atom. The molecule has 0 fully saturated rings. The van der Waals surface area contributed by atoms with Gasteiger partial charge in [-0.3, -0.25) is 9.10 Å². The first-order valence-corrected chi connectivity index (χ1v) is 11.2. The third-order valence-electron chi connectivity index (χ3n) is 3.76. The molecular formula is C15H25N3O6S2. The van der Waals surface area contributed by atoms with Crippen LogP contribution in [0.4, 0.5) is 5.69 Å². The summed E-state index contributed by atoms with van der Waals surface area (Å²) in [6.45, 7) is 3.01. The SMILES string of the molecule is Cc1ccc(S(=O)(=O)NCCC(=O)NCCO)c(C)c1N(C)S(C)(=O)=O. The second kappa shape index (κ2) is 8.80. The number of nitrogens with one attached hydrogen (secondary N) is 2. The number of rotatable bonds is 9. The zero-order chi connectivity index (χ0) is 20.1. The number of hydrogen-bond acceptors (Lipinski definition) is 6. The lowest BCUT2D eigenvalue weighted by atomic mass is 10.1. The van der Waals surface area contributed by atoms with Crippen LogP contribution in [0.25, 0.3) is 0 Å². The van der Waals surface area contributed by atoms with Crippen molar-refractivity contribution >= 4 is 31.6 Å². The Labute approximate surface area is 154 Å². The predicted octanol–water partition coefficient (Wildman–Crippen LogP) is -0.524. The summed E-state index contributed by atoms with van der Waals surface area (Å²) in [5.74, 6) is -0.389. The van der Waals surface area contributed by atoms with Crippen molar-refractivity contribution in [2.75, 3.05) is 37.3 Å². The largest absolute Gasteiger partial charge is 0.395 e. The number of anilines is 1. The van der Waals surface area contributed by atoms with Crippen LogP contribution in [0, 0.1) is 13.8 Å². The Balaban J connectivity index is 3.06. The van der Waals surface area contributed by atoms with Crippen molar-refractivity contribution in [1.82, 2.24) is 10.0 Å². The van der Waals surface area contributed by atoms with E-state index in [1.807, 2.05) is 0 Å². The van der Waals surface area contributed by atoms with Crippen LogP contribution in [-0.4, -0.2) is 60.8 Å². The maximum atomic E-state index is 12.5. The number of carbonyl (C=O) groups excluding carboxylic acids is 1. The summed E-state index contributed by atoms with van der Waals surface area (Å²) in [5.41, 5.74) is 1.23. The lowest BCUT2D eigenvalue weighted by Gasteiger charge is -2.23. The number of aliphatic hydroxyl groups excluding tert-OH is 1. The highest BCUT2D eigenvalue weighted by Crippen LogP contribution is 2.30. The number of nitrogens with zero attached hydrogens (tertiary/aromatic N) is 1. The molecule has 0 saturated carbocycles. The van der Waals surface area contributed by atoms with E-state index < -0.39 is 20.0 Å². The molecule has 0 aliphatic rings. The fraction of sp³-hybridized carbons (Fsp3) is 0.533. The van der Waals surface area contributed by atoms with Crippen LogP contribution in [0.1, 0.15) is 17.5 Å². The smallest absolute Gasteiger partial charge is 0.240 e. The minimum absolute atomic E-state index is 0.0515. The molecule has 3 N–H and O–H groups in total. The van der Waals surface area contributed by atoms with Gasteiger partial charge in [0.25, 0.3) is 0 Å². The number of benzene rings is 1. The molecule has 11 heteroatoms. The lowest BCUT2D eigenvalue weighted by molar-refractivity contribution is -0.121. The van der Waals surface area contributed by atoms with E-state index in [-0.39, 0.29) is 36.9 Å². The van der Waals surface area contributed by atoms with Crippen LogP contribution < -0.4 is 14.3 Å². The average molecular weight is 408 g/mol. The number of sulfonamides is 2. The Kier molecular flexibility index (Phi) is 7.57. The Morgan fingerprint density at radius 2 is 1.77 bits per heavy atom. The van der Waals surface area contributed by atoms with Gasteiger partial charge in [0.2, 0.25) is 26.0 Å². The van der Waals surface area contributed by atoms with E-state index in [9.17, 15) is 21.6 Å². The third kappa shape index (κ3) is 5.66. The van der Waals surface area contributed by atoms with Gasteiger partial charge in [-0.2, -0.15) is 0 Å². The van der Waals surface area contributed by atoms with E-state index in [4.69, 9.17) is 5.11 Å². The molecular weight excluding hydrogens is 382 g/mol. The number of aryl methyl sites for hydroxylation is 1. The van der Waals surface area contributed by atoms with E-state index in [1.165, 1.54) is 26.1 Å². The molecule has 1 rings (SSSR count). The predicted molar refractivity (Wildman–Crippen MR) is 99.1 cm³/mol. The number of carbonyl (C=O) groups is 1. The summed E-state index contributed by atoms with van der Waals surface area (Å²) in [6, 6.07) is 2.94. The standard InChI is InChI=1S/C15H25N3O6S2/c1-11-5-6-13(12(2)15(11)18(3)25(4,21)22)26(23,24)17-8-7-14(20)16-9-10-19/h5-6,17,19H,7-10H2,1-4H3,(H,16,20). The molecule has 0 heterocycles. The molecule has 0 bridgehead atoms. The molecule has 0 spiro atoms. The molecule has 0 unspecified atom stereocenters. The van der Waals surface area contributed by atoms with Crippen LogP contribution >= 0.6 is 0 Å². The minimum atomic E-state index is -3.93. The molecule has 148 valence electrons. The molecule has 0 aliphatic carbocycles. The maximum absolute atomic E-state index is 12.5. The Hall–Kier alpha value is -1.69. The van der Waals surface area contributed by atoms with E-state index in [2.05, 4.69) is 10.0 Å². The average Bonchev–Trinajstić information content (AvgIpc) is 2.51. The van der Waals surface area contributed by atoms with E-state index in [0.717, 1.165) is 10.6 Å². The third-order valence-corrected chi connectivity index (χ3v) is 6.55. The van der Waals surface area contributed by atoms with Gasteiger partial charge in [-0.25, -0.2) is 21.6 Å². The van der Waals surface area contributed by atoms with Crippen molar-refractivity contribution in [2.45, 2.75) is 25.2 Å². The monoisotopic (exact) mass is 407 g/mol. The van der Waals surface area contributed by atoms with Gasteiger partial charge in [0.05, 0.1) is 23.4 Å². The topological polar surface area (TPSA) is 133 Å². The van der Waals surface area contributed by atoms with Crippen LogP contribution in [-0.2, 0) is 24.8 Å². The summed E-state index contributed by atoms with van der Waals surface area (Å²) in [4.78, 5) is 11.4. The van der Waals surface area contributed by atoms with Gasteiger partial charge in [-0.05, 0) is 31.0 Å². The van der Waals surface area contributed by atoms with Crippen LogP contribution in [0.3, 0.4) is 0 Å². The summed E-state index contributed by atoms with van der Waals surface area (Å²) in [5, 5.41) is 11.0. The highest BCUT2D eigenvalue weighted by molar-refractivity contribution is 7.92. The summed E-state index contributed by atoms with van der Waals surface area (Å²) in [7, 11) is -6.12. The van der Waals surface area contributed by atoms with Crippen molar-refractivity contribution in [2.24, 2.45) is 0 Å². The van der Waals surface area contributed by atoms with Crippen molar-refractivity contribution in [1.29, 1.82) is 0 Å². The molecule has 0 radical (unpaired) electrons. The maximum Gasteiger partial charge on any atom is 0.240 e. The van der Waals surface area contributed by atoms with Gasteiger partial charge < -0.3 is 10.4 Å². The van der Waals surface area contributed by atoms with Gasteiger partial charge >= 0.3 is 0 Å². The molecule has 1 aromatic rings. The van der Waals surface area contributed by atoms with Gasteiger partial charge in [0.1, 0.15) is 0 Å². The van der Waals surface area contributed by atoms with E-state index in [1.54, 1.807) is 6.92 Å². The van der Waals surface area contributed by atoms with Crippen molar-refractivity contribution in [3.8, 4) is 0 Å². The van der Waals surface area contributed by atoms with Gasteiger partial charge in [-0.1, -0.05) is 6.07 Å². The molecule has 0 aromatic heterocycles. The molecule has 1 amide bonds. The van der Waals surface area contributed by atoms with Gasteiger partial charge in [0, 0.05) is 26.6 Å². The fourth-order valence-electron chi connectivity index (χ4n) is 2.42. The number of amides is 1. The quantitative estimate of drug-likeness (QED) is 0.504. The van der Waals surface area contributed by atoms with E-state index in [0.29, 0.717) is 16.8 Å². The summed E-state index contributed by atoms with van der Waals surface area (Å²) >= 11 is 0. The molecule has 26 heavy (non-hydrogen) atoms.